The van der Waals surface area contributed by atoms with E-state index in [0.29, 0.717) is 11.8 Å². The number of hydrogen-bond acceptors (Lipinski definition) is 2. The van der Waals surface area contributed by atoms with Crippen LogP contribution in [0.1, 0.15) is 72.1 Å². The summed E-state index contributed by atoms with van der Waals surface area (Å²) in [6.07, 6.45) is 11.9. The molecular weight excluding hydrogens is 262 g/mol. The Morgan fingerprint density at radius 1 is 1.24 bits per heavy atom. The van der Waals surface area contributed by atoms with Crippen molar-refractivity contribution in [2.45, 2.75) is 78.2 Å². The number of cyclic esters (lactones) is 1. The number of hydrogen-bond donors (Lipinski definition) is 0. The van der Waals surface area contributed by atoms with E-state index in [1.165, 1.54) is 44.9 Å². The Hall–Kier alpha value is -0.990. The standard InChI is InChI=1S/C18H31NO2/c1-4-5-9-12-19-17(15-10-7-6-8-11-15)16(13-14(2)3)21-18(19)20/h13-15,17H,4-12H2,1-3H3/b16-13-. The zero-order valence-corrected chi connectivity index (χ0v) is 13.9. The van der Waals surface area contributed by atoms with Crippen LogP contribution in [-0.4, -0.2) is 23.6 Å². The molecule has 0 aromatic carbocycles. The van der Waals surface area contributed by atoms with Crippen LogP contribution in [0.4, 0.5) is 4.79 Å². The molecule has 2 rings (SSSR count). The van der Waals surface area contributed by atoms with E-state index in [4.69, 9.17) is 4.74 Å². The van der Waals surface area contributed by atoms with Crippen molar-refractivity contribution in [3.63, 3.8) is 0 Å². The second kappa shape index (κ2) is 7.86. The van der Waals surface area contributed by atoms with Crippen LogP contribution in [0.15, 0.2) is 11.8 Å². The molecule has 1 unspecified atom stereocenters. The Morgan fingerprint density at radius 2 is 1.95 bits per heavy atom. The van der Waals surface area contributed by atoms with Gasteiger partial charge in [0, 0.05) is 6.54 Å². The summed E-state index contributed by atoms with van der Waals surface area (Å²) in [5, 5.41) is 0. The molecule has 0 N–H and O–H groups in total. The molecule has 120 valence electrons. The maximum absolute atomic E-state index is 12.3. The van der Waals surface area contributed by atoms with E-state index in [1.54, 1.807) is 0 Å². The first-order valence-electron chi connectivity index (χ1n) is 8.83. The van der Waals surface area contributed by atoms with Gasteiger partial charge in [0.25, 0.3) is 0 Å². The minimum atomic E-state index is -0.117. The summed E-state index contributed by atoms with van der Waals surface area (Å²) in [4.78, 5) is 14.3. The van der Waals surface area contributed by atoms with Crippen molar-refractivity contribution in [1.82, 2.24) is 4.90 Å². The van der Waals surface area contributed by atoms with Gasteiger partial charge in [0.15, 0.2) is 0 Å². The highest BCUT2D eigenvalue weighted by atomic mass is 16.6. The summed E-state index contributed by atoms with van der Waals surface area (Å²) in [5.41, 5.74) is 0. The summed E-state index contributed by atoms with van der Waals surface area (Å²) in [6.45, 7) is 7.35. The van der Waals surface area contributed by atoms with Crippen LogP contribution in [0.25, 0.3) is 0 Å². The van der Waals surface area contributed by atoms with Crippen LogP contribution in [0.3, 0.4) is 0 Å². The molecule has 2 fully saturated rings. The van der Waals surface area contributed by atoms with E-state index in [-0.39, 0.29) is 12.1 Å². The predicted molar refractivity (Wildman–Crippen MR) is 86.0 cm³/mol. The molecule has 0 aromatic rings. The minimum absolute atomic E-state index is 0.117. The molecule has 1 aliphatic heterocycles. The van der Waals surface area contributed by atoms with Gasteiger partial charge in [0.2, 0.25) is 0 Å². The van der Waals surface area contributed by atoms with Crippen LogP contribution in [0, 0.1) is 11.8 Å². The quantitative estimate of drug-likeness (QED) is 0.636. The number of unbranched alkanes of at least 4 members (excludes halogenated alkanes) is 2. The number of allylic oxidation sites excluding steroid dienone is 1. The van der Waals surface area contributed by atoms with Crippen molar-refractivity contribution < 1.29 is 9.53 Å². The van der Waals surface area contributed by atoms with Gasteiger partial charge in [0.1, 0.15) is 5.76 Å². The number of amides is 1. The van der Waals surface area contributed by atoms with Gasteiger partial charge in [-0.05, 0) is 37.2 Å². The highest BCUT2D eigenvalue weighted by Crippen LogP contribution is 2.37. The third kappa shape index (κ3) is 4.24. The minimum Gasteiger partial charge on any atom is -0.413 e. The molecule has 21 heavy (non-hydrogen) atoms. The number of nitrogens with zero attached hydrogens (tertiary/aromatic N) is 1. The van der Waals surface area contributed by atoms with E-state index in [0.717, 1.165) is 18.7 Å². The summed E-state index contributed by atoms with van der Waals surface area (Å²) in [5.74, 6) is 1.95. The van der Waals surface area contributed by atoms with Crippen molar-refractivity contribution in [1.29, 1.82) is 0 Å². The summed E-state index contributed by atoms with van der Waals surface area (Å²) >= 11 is 0. The molecular formula is C18H31NO2. The first kappa shape index (κ1) is 16.4. The SMILES string of the molecule is CCCCCN1C(=O)O/C(=C\C(C)C)C1C1CCCCC1. The normalized spacial score (nSPS) is 25.9. The number of carbonyl (C=O) groups excluding carboxylic acids is 1. The van der Waals surface area contributed by atoms with E-state index in [2.05, 4.69) is 26.8 Å². The van der Waals surface area contributed by atoms with Gasteiger partial charge in [-0.3, -0.25) is 4.90 Å². The molecule has 1 saturated heterocycles. The maximum atomic E-state index is 12.3. The molecule has 0 spiro atoms. The third-order valence-corrected chi connectivity index (χ3v) is 4.66. The second-order valence-corrected chi connectivity index (χ2v) is 6.92. The van der Waals surface area contributed by atoms with Crippen LogP contribution >= 0.6 is 0 Å². The zero-order valence-electron chi connectivity index (χ0n) is 13.9. The van der Waals surface area contributed by atoms with Gasteiger partial charge in [-0.1, -0.05) is 52.9 Å². The second-order valence-electron chi connectivity index (χ2n) is 6.92. The van der Waals surface area contributed by atoms with E-state index < -0.39 is 0 Å². The highest BCUT2D eigenvalue weighted by Gasteiger charge is 2.42. The Morgan fingerprint density at radius 3 is 2.57 bits per heavy atom. The molecule has 0 bridgehead atoms. The van der Waals surface area contributed by atoms with Crippen molar-refractivity contribution in [3.05, 3.63) is 11.8 Å². The van der Waals surface area contributed by atoms with Crippen LogP contribution in [0.5, 0.6) is 0 Å². The third-order valence-electron chi connectivity index (χ3n) is 4.66. The van der Waals surface area contributed by atoms with Crippen LogP contribution in [-0.2, 0) is 4.74 Å². The van der Waals surface area contributed by atoms with E-state index in [9.17, 15) is 4.79 Å². The van der Waals surface area contributed by atoms with Gasteiger partial charge in [-0.25, -0.2) is 4.79 Å². The molecule has 1 heterocycles. The molecule has 0 radical (unpaired) electrons. The molecule has 1 atom stereocenters. The van der Waals surface area contributed by atoms with Crippen molar-refractivity contribution in [2.75, 3.05) is 6.54 Å². The van der Waals surface area contributed by atoms with Crippen molar-refractivity contribution in [2.24, 2.45) is 11.8 Å². The summed E-state index contributed by atoms with van der Waals surface area (Å²) in [6, 6.07) is 0.206. The van der Waals surface area contributed by atoms with Gasteiger partial charge in [-0.2, -0.15) is 0 Å². The lowest BCUT2D eigenvalue weighted by Crippen LogP contribution is -2.39. The fraction of sp³-hybridized carbons (Fsp3) is 0.833. The first-order chi connectivity index (χ1) is 10.1. The van der Waals surface area contributed by atoms with Gasteiger partial charge >= 0.3 is 6.09 Å². The average molecular weight is 293 g/mol. The molecule has 1 aliphatic carbocycles. The lowest BCUT2D eigenvalue weighted by Gasteiger charge is -2.32. The monoisotopic (exact) mass is 293 g/mol. The lowest BCUT2D eigenvalue weighted by atomic mass is 9.82. The molecule has 3 nitrogen and oxygen atoms in total. The van der Waals surface area contributed by atoms with E-state index in [1.807, 2.05) is 4.90 Å². The first-order valence-corrected chi connectivity index (χ1v) is 8.83. The fourth-order valence-corrected chi connectivity index (χ4v) is 3.65. The predicted octanol–water partition coefficient (Wildman–Crippen LogP) is 5.12. The topological polar surface area (TPSA) is 29.5 Å². The van der Waals surface area contributed by atoms with Gasteiger partial charge < -0.3 is 4.74 Å². The zero-order chi connectivity index (χ0) is 15.2. The Balaban J connectivity index is 2.13. The average Bonchev–Trinajstić information content (AvgIpc) is 2.75. The largest absolute Gasteiger partial charge is 0.415 e. The molecule has 1 amide bonds. The summed E-state index contributed by atoms with van der Waals surface area (Å²) < 4.78 is 5.63. The number of rotatable bonds is 6. The molecule has 1 saturated carbocycles. The van der Waals surface area contributed by atoms with Gasteiger partial charge in [0.05, 0.1) is 6.04 Å². The van der Waals surface area contributed by atoms with Gasteiger partial charge in [-0.15, -0.1) is 0 Å². The van der Waals surface area contributed by atoms with Crippen LogP contribution in [0.2, 0.25) is 0 Å². The number of ether oxygens (including phenoxy) is 1. The van der Waals surface area contributed by atoms with Crippen LogP contribution < -0.4 is 0 Å². The smallest absolute Gasteiger partial charge is 0.413 e. The molecule has 0 aromatic heterocycles. The Labute approximate surface area is 129 Å². The Kier molecular flexibility index (Phi) is 6.13. The van der Waals surface area contributed by atoms with Crippen molar-refractivity contribution in [3.8, 4) is 0 Å². The molecule has 3 heteroatoms. The van der Waals surface area contributed by atoms with E-state index >= 15 is 0 Å². The lowest BCUT2D eigenvalue weighted by molar-refractivity contribution is 0.153. The van der Waals surface area contributed by atoms with Crippen molar-refractivity contribution >= 4 is 6.09 Å². The molecule has 2 aliphatic rings. The highest BCUT2D eigenvalue weighted by molar-refractivity contribution is 5.73. The fourth-order valence-electron chi connectivity index (χ4n) is 3.65. The number of carbonyl (C=O) groups is 1. The maximum Gasteiger partial charge on any atom is 0.415 e. The summed E-state index contributed by atoms with van der Waals surface area (Å²) in [7, 11) is 0. The Bertz CT molecular complexity index is 369.